The average molecular weight is 375 g/mol. The predicted molar refractivity (Wildman–Crippen MR) is 83.1 cm³/mol. The standard InChI is InChI=1S/C13H9BrClNO3S/c1-6-4-9(13(18)19)12(20-6)16-11(17)8-3-2-7(14)5-10(8)15/h2-5H,1H3,(H,16,17)(H,18,19). The number of aromatic carboxylic acids is 1. The zero-order valence-corrected chi connectivity index (χ0v) is 13.4. The summed E-state index contributed by atoms with van der Waals surface area (Å²) >= 11 is 10.5. The van der Waals surface area contributed by atoms with Crippen molar-refractivity contribution in [1.82, 2.24) is 0 Å². The highest BCUT2D eigenvalue weighted by molar-refractivity contribution is 9.10. The number of nitrogens with one attached hydrogen (secondary N) is 1. The highest BCUT2D eigenvalue weighted by atomic mass is 79.9. The lowest BCUT2D eigenvalue weighted by Gasteiger charge is -2.06. The predicted octanol–water partition coefficient (Wildman–Crippen LogP) is 4.42. The minimum Gasteiger partial charge on any atom is -0.478 e. The van der Waals surface area contributed by atoms with Gasteiger partial charge in [0.1, 0.15) is 5.00 Å². The third kappa shape index (κ3) is 3.20. The Morgan fingerprint density at radius 1 is 1.30 bits per heavy atom. The van der Waals surface area contributed by atoms with E-state index >= 15 is 0 Å². The number of rotatable bonds is 3. The van der Waals surface area contributed by atoms with Gasteiger partial charge in [-0.05, 0) is 31.2 Å². The second-order valence-electron chi connectivity index (χ2n) is 3.98. The number of hydrogen-bond donors (Lipinski definition) is 2. The maximum atomic E-state index is 12.1. The van der Waals surface area contributed by atoms with Crippen LogP contribution in [0.1, 0.15) is 25.6 Å². The first-order valence-electron chi connectivity index (χ1n) is 5.48. The molecule has 0 radical (unpaired) electrons. The van der Waals surface area contributed by atoms with Crippen molar-refractivity contribution in [3.63, 3.8) is 0 Å². The number of carbonyl (C=O) groups is 2. The molecule has 0 spiro atoms. The molecule has 0 aliphatic heterocycles. The first kappa shape index (κ1) is 15.0. The smallest absolute Gasteiger partial charge is 0.338 e. The van der Waals surface area contributed by atoms with E-state index in [2.05, 4.69) is 21.2 Å². The molecule has 20 heavy (non-hydrogen) atoms. The molecule has 0 fully saturated rings. The molecule has 2 N–H and O–H groups in total. The topological polar surface area (TPSA) is 66.4 Å². The SMILES string of the molecule is Cc1cc(C(=O)O)c(NC(=O)c2ccc(Br)cc2Cl)s1. The number of carboxylic acid groups (broad SMARTS) is 1. The summed E-state index contributed by atoms with van der Waals surface area (Å²) < 4.78 is 0.761. The molecule has 0 atom stereocenters. The van der Waals surface area contributed by atoms with Crippen molar-refractivity contribution in [2.24, 2.45) is 0 Å². The number of aryl methyl sites for hydroxylation is 1. The van der Waals surface area contributed by atoms with Gasteiger partial charge in [-0.3, -0.25) is 4.79 Å². The Balaban J connectivity index is 2.30. The fourth-order valence-corrected chi connectivity index (χ4v) is 3.27. The Morgan fingerprint density at radius 3 is 2.60 bits per heavy atom. The van der Waals surface area contributed by atoms with E-state index in [1.54, 1.807) is 25.1 Å². The van der Waals surface area contributed by atoms with Gasteiger partial charge < -0.3 is 10.4 Å². The molecule has 1 aromatic carbocycles. The van der Waals surface area contributed by atoms with Crippen LogP contribution in [-0.2, 0) is 0 Å². The quantitative estimate of drug-likeness (QED) is 0.835. The molecular formula is C13H9BrClNO3S. The fourth-order valence-electron chi connectivity index (χ4n) is 1.61. The Kier molecular flexibility index (Phi) is 4.47. The lowest BCUT2D eigenvalue weighted by molar-refractivity contribution is 0.0698. The van der Waals surface area contributed by atoms with Crippen LogP contribution in [0.3, 0.4) is 0 Å². The van der Waals surface area contributed by atoms with Crippen LogP contribution < -0.4 is 5.32 Å². The van der Waals surface area contributed by atoms with E-state index in [9.17, 15) is 9.59 Å². The van der Waals surface area contributed by atoms with E-state index < -0.39 is 11.9 Å². The molecule has 1 amide bonds. The molecule has 0 unspecified atom stereocenters. The van der Waals surface area contributed by atoms with Crippen LogP contribution in [0.2, 0.25) is 5.02 Å². The first-order valence-corrected chi connectivity index (χ1v) is 7.47. The van der Waals surface area contributed by atoms with Crippen LogP contribution in [0, 0.1) is 6.92 Å². The molecule has 0 saturated heterocycles. The van der Waals surface area contributed by atoms with Gasteiger partial charge in [0.2, 0.25) is 0 Å². The Hall–Kier alpha value is -1.37. The van der Waals surface area contributed by atoms with E-state index in [0.717, 1.165) is 9.35 Å². The molecule has 0 aliphatic carbocycles. The molecule has 104 valence electrons. The summed E-state index contributed by atoms with van der Waals surface area (Å²) in [6, 6.07) is 6.39. The van der Waals surface area contributed by atoms with Gasteiger partial charge in [0.25, 0.3) is 5.91 Å². The van der Waals surface area contributed by atoms with Crippen molar-refractivity contribution in [3.05, 3.63) is 49.8 Å². The van der Waals surface area contributed by atoms with Gasteiger partial charge in [-0.15, -0.1) is 11.3 Å². The van der Waals surface area contributed by atoms with Gasteiger partial charge in [-0.25, -0.2) is 4.79 Å². The van der Waals surface area contributed by atoms with E-state index in [-0.39, 0.29) is 11.1 Å². The molecule has 0 bridgehead atoms. The van der Waals surface area contributed by atoms with Crippen LogP contribution in [0.5, 0.6) is 0 Å². The summed E-state index contributed by atoms with van der Waals surface area (Å²) in [7, 11) is 0. The number of halogens is 2. The molecule has 4 nitrogen and oxygen atoms in total. The number of benzene rings is 1. The summed E-state index contributed by atoms with van der Waals surface area (Å²) in [5, 5.41) is 12.3. The normalized spacial score (nSPS) is 10.3. The number of thiophene rings is 1. The van der Waals surface area contributed by atoms with Crippen LogP contribution >= 0.6 is 38.9 Å². The van der Waals surface area contributed by atoms with E-state index in [4.69, 9.17) is 16.7 Å². The van der Waals surface area contributed by atoms with Gasteiger partial charge in [0, 0.05) is 9.35 Å². The number of carbonyl (C=O) groups excluding carboxylic acids is 1. The lowest BCUT2D eigenvalue weighted by Crippen LogP contribution is -2.13. The van der Waals surface area contributed by atoms with Crippen LogP contribution in [0.25, 0.3) is 0 Å². The molecule has 7 heteroatoms. The molecule has 1 aromatic heterocycles. The maximum absolute atomic E-state index is 12.1. The highest BCUT2D eigenvalue weighted by Crippen LogP contribution is 2.29. The van der Waals surface area contributed by atoms with Crippen molar-refractivity contribution in [1.29, 1.82) is 0 Å². The Labute approximate surface area is 132 Å². The van der Waals surface area contributed by atoms with Crippen molar-refractivity contribution >= 4 is 55.7 Å². The summed E-state index contributed by atoms with van der Waals surface area (Å²) in [6.45, 7) is 1.78. The fraction of sp³-hybridized carbons (Fsp3) is 0.0769. The number of anilines is 1. The number of amides is 1. The Morgan fingerprint density at radius 2 is 2.00 bits per heavy atom. The van der Waals surface area contributed by atoms with Crippen LogP contribution in [0.15, 0.2) is 28.7 Å². The number of hydrogen-bond acceptors (Lipinski definition) is 3. The van der Waals surface area contributed by atoms with Crippen LogP contribution in [0.4, 0.5) is 5.00 Å². The maximum Gasteiger partial charge on any atom is 0.338 e. The molecule has 0 aliphatic rings. The summed E-state index contributed by atoms with van der Waals surface area (Å²) in [6.07, 6.45) is 0. The van der Waals surface area contributed by atoms with Gasteiger partial charge in [0.15, 0.2) is 0 Å². The van der Waals surface area contributed by atoms with Gasteiger partial charge >= 0.3 is 5.97 Å². The summed E-state index contributed by atoms with van der Waals surface area (Å²) in [5.74, 6) is -1.52. The van der Waals surface area contributed by atoms with Crippen molar-refractivity contribution in [2.75, 3.05) is 5.32 Å². The molecule has 1 heterocycles. The van der Waals surface area contributed by atoms with Crippen molar-refractivity contribution < 1.29 is 14.7 Å². The number of carboxylic acids is 1. The van der Waals surface area contributed by atoms with E-state index in [1.807, 2.05) is 0 Å². The second kappa shape index (κ2) is 5.95. The highest BCUT2D eigenvalue weighted by Gasteiger charge is 2.18. The van der Waals surface area contributed by atoms with Gasteiger partial charge in [0.05, 0.1) is 16.1 Å². The molecule has 0 saturated carbocycles. The van der Waals surface area contributed by atoms with Gasteiger partial charge in [-0.1, -0.05) is 27.5 Å². The average Bonchev–Trinajstić information content (AvgIpc) is 2.70. The van der Waals surface area contributed by atoms with E-state index in [0.29, 0.717) is 10.0 Å². The largest absolute Gasteiger partial charge is 0.478 e. The zero-order valence-electron chi connectivity index (χ0n) is 10.2. The van der Waals surface area contributed by atoms with Crippen LogP contribution in [-0.4, -0.2) is 17.0 Å². The molecular weight excluding hydrogens is 366 g/mol. The first-order chi connectivity index (χ1) is 9.38. The zero-order chi connectivity index (χ0) is 14.9. The van der Waals surface area contributed by atoms with E-state index in [1.165, 1.54) is 17.4 Å². The third-order valence-electron chi connectivity index (χ3n) is 2.49. The summed E-state index contributed by atoms with van der Waals surface area (Å²) in [5.41, 5.74) is 0.367. The third-order valence-corrected chi connectivity index (χ3v) is 4.26. The lowest BCUT2D eigenvalue weighted by atomic mass is 10.2. The summed E-state index contributed by atoms with van der Waals surface area (Å²) in [4.78, 5) is 24.0. The molecule has 2 rings (SSSR count). The minimum absolute atomic E-state index is 0.0779. The van der Waals surface area contributed by atoms with Gasteiger partial charge in [-0.2, -0.15) is 0 Å². The minimum atomic E-state index is -1.08. The van der Waals surface area contributed by atoms with Crippen molar-refractivity contribution in [2.45, 2.75) is 6.92 Å². The molecule has 2 aromatic rings. The van der Waals surface area contributed by atoms with Crippen molar-refractivity contribution in [3.8, 4) is 0 Å². The second-order valence-corrected chi connectivity index (χ2v) is 6.56. The monoisotopic (exact) mass is 373 g/mol. The Bertz CT molecular complexity index is 699.